The van der Waals surface area contributed by atoms with Gasteiger partial charge in [-0.2, -0.15) is 0 Å². The highest BCUT2D eigenvalue weighted by atomic mass is 32.2. The zero-order valence-corrected chi connectivity index (χ0v) is 12.4. The van der Waals surface area contributed by atoms with E-state index in [1.807, 2.05) is 6.92 Å². The van der Waals surface area contributed by atoms with E-state index in [1.54, 1.807) is 6.07 Å². The SMILES string of the molecule is CCNCc1ccc(S(=O)(=O)NCC2CCC(O)C2)o1. The van der Waals surface area contributed by atoms with E-state index in [4.69, 9.17) is 4.42 Å². The van der Waals surface area contributed by atoms with Gasteiger partial charge in [-0.25, -0.2) is 13.1 Å². The van der Waals surface area contributed by atoms with Crippen LogP contribution in [0.15, 0.2) is 21.6 Å². The Labute approximate surface area is 119 Å². The summed E-state index contributed by atoms with van der Waals surface area (Å²) in [5.74, 6) is 0.805. The summed E-state index contributed by atoms with van der Waals surface area (Å²) < 4.78 is 32.0. The Morgan fingerprint density at radius 3 is 2.85 bits per heavy atom. The van der Waals surface area contributed by atoms with E-state index in [0.717, 1.165) is 19.4 Å². The van der Waals surface area contributed by atoms with Gasteiger partial charge in [0.25, 0.3) is 10.0 Å². The average Bonchev–Trinajstić information content (AvgIpc) is 3.03. The first kappa shape index (κ1) is 15.5. The topological polar surface area (TPSA) is 91.6 Å². The van der Waals surface area contributed by atoms with Gasteiger partial charge in [0.1, 0.15) is 5.76 Å². The Morgan fingerprint density at radius 2 is 2.20 bits per heavy atom. The quantitative estimate of drug-likeness (QED) is 0.694. The molecule has 0 amide bonds. The molecule has 1 aliphatic rings. The second-order valence-electron chi connectivity index (χ2n) is 5.19. The number of furan rings is 1. The Hall–Kier alpha value is -0.890. The summed E-state index contributed by atoms with van der Waals surface area (Å²) in [4.78, 5) is 0. The molecule has 6 nitrogen and oxygen atoms in total. The molecule has 3 N–H and O–H groups in total. The highest BCUT2D eigenvalue weighted by Crippen LogP contribution is 2.25. The molecule has 7 heteroatoms. The van der Waals surface area contributed by atoms with Crippen molar-refractivity contribution >= 4 is 10.0 Å². The Bertz CT molecular complexity index is 526. The fraction of sp³-hybridized carbons (Fsp3) is 0.692. The molecule has 20 heavy (non-hydrogen) atoms. The van der Waals surface area contributed by atoms with Crippen molar-refractivity contribution in [2.75, 3.05) is 13.1 Å². The predicted octanol–water partition coefficient (Wildman–Crippen LogP) is 0.828. The number of aliphatic hydroxyl groups excluding tert-OH is 1. The lowest BCUT2D eigenvalue weighted by molar-refractivity contribution is 0.178. The molecule has 0 aromatic carbocycles. The van der Waals surface area contributed by atoms with Gasteiger partial charge in [0.05, 0.1) is 12.6 Å². The first-order valence-corrected chi connectivity index (χ1v) is 8.46. The zero-order valence-electron chi connectivity index (χ0n) is 11.6. The highest BCUT2D eigenvalue weighted by molar-refractivity contribution is 7.89. The van der Waals surface area contributed by atoms with Crippen molar-refractivity contribution in [2.24, 2.45) is 5.92 Å². The molecule has 2 unspecified atom stereocenters. The van der Waals surface area contributed by atoms with Crippen LogP contribution in [0.5, 0.6) is 0 Å². The minimum atomic E-state index is -3.60. The smallest absolute Gasteiger partial charge is 0.273 e. The van der Waals surface area contributed by atoms with Crippen molar-refractivity contribution in [2.45, 2.75) is 43.9 Å². The van der Waals surface area contributed by atoms with Crippen LogP contribution in [-0.2, 0) is 16.6 Å². The van der Waals surface area contributed by atoms with Crippen LogP contribution in [0.1, 0.15) is 31.9 Å². The third-order valence-corrected chi connectivity index (χ3v) is 4.82. The van der Waals surface area contributed by atoms with Crippen molar-refractivity contribution in [3.05, 3.63) is 17.9 Å². The molecule has 1 saturated carbocycles. The molecule has 1 aromatic rings. The van der Waals surface area contributed by atoms with Crippen molar-refractivity contribution in [3.8, 4) is 0 Å². The second-order valence-corrected chi connectivity index (χ2v) is 6.88. The van der Waals surface area contributed by atoms with E-state index in [2.05, 4.69) is 10.0 Å². The van der Waals surface area contributed by atoms with E-state index >= 15 is 0 Å². The van der Waals surface area contributed by atoms with Crippen LogP contribution in [0.2, 0.25) is 0 Å². The van der Waals surface area contributed by atoms with Gasteiger partial charge < -0.3 is 14.8 Å². The zero-order chi connectivity index (χ0) is 14.6. The maximum absolute atomic E-state index is 12.1. The van der Waals surface area contributed by atoms with Crippen molar-refractivity contribution in [3.63, 3.8) is 0 Å². The molecule has 2 atom stereocenters. The van der Waals surface area contributed by atoms with Gasteiger partial charge in [-0.15, -0.1) is 0 Å². The average molecular weight is 302 g/mol. The minimum absolute atomic E-state index is 0.0519. The van der Waals surface area contributed by atoms with E-state index in [-0.39, 0.29) is 17.1 Å². The standard InChI is InChI=1S/C13H22N2O4S/c1-2-14-9-12-5-6-13(19-12)20(17,18)15-8-10-3-4-11(16)7-10/h5-6,10-11,14-16H,2-4,7-9H2,1H3. The van der Waals surface area contributed by atoms with Gasteiger partial charge in [-0.3, -0.25) is 0 Å². The van der Waals surface area contributed by atoms with Gasteiger partial charge >= 0.3 is 0 Å². The van der Waals surface area contributed by atoms with Crippen molar-refractivity contribution in [1.82, 2.24) is 10.0 Å². The van der Waals surface area contributed by atoms with Crippen LogP contribution in [0.4, 0.5) is 0 Å². The van der Waals surface area contributed by atoms with E-state index in [0.29, 0.717) is 25.3 Å². The summed E-state index contributed by atoms with van der Waals surface area (Å²) in [6.45, 7) is 3.63. The summed E-state index contributed by atoms with van der Waals surface area (Å²) in [6.07, 6.45) is 1.97. The molecule has 1 aromatic heterocycles. The molecular weight excluding hydrogens is 280 g/mol. The van der Waals surface area contributed by atoms with Crippen LogP contribution in [0.25, 0.3) is 0 Å². The second kappa shape index (κ2) is 6.71. The van der Waals surface area contributed by atoms with Gasteiger partial charge in [0.15, 0.2) is 0 Å². The fourth-order valence-corrected chi connectivity index (χ4v) is 3.44. The molecule has 0 spiro atoms. The highest BCUT2D eigenvalue weighted by Gasteiger charge is 2.25. The fourth-order valence-electron chi connectivity index (χ4n) is 2.38. The summed E-state index contributed by atoms with van der Waals surface area (Å²) >= 11 is 0. The molecule has 1 heterocycles. The lowest BCUT2D eigenvalue weighted by atomic mass is 10.1. The predicted molar refractivity (Wildman–Crippen MR) is 74.6 cm³/mol. The monoisotopic (exact) mass is 302 g/mol. The number of rotatable bonds is 7. The molecule has 0 saturated heterocycles. The van der Waals surface area contributed by atoms with E-state index < -0.39 is 10.0 Å². The van der Waals surface area contributed by atoms with E-state index in [9.17, 15) is 13.5 Å². The van der Waals surface area contributed by atoms with Gasteiger partial charge in [-0.1, -0.05) is 6.92 Å². The summed E-state index contributed by atoms with van der Waals surface area (Å²) in [7, 11) is -3.60. The lowest BCUT2D eigenvalue weighted by Crippen LogP contribution is -2.28. The van der Waals surface area contributed by atoms with Crippen LogP contribution in [0.3, 0.4) is 0 Å². The first-order chi connectivity index (χ1) is 9.51. The normalized spacial score (nSPS) is 23.3. The first-order valence-electron chi connectivity index (χ1n) is 6.98. The van der Waals surface area contributed by atoms with Crippen molar-refractivity contribution in [1.29, 1.82) is 0 Å². The number of hydrogen-bond donors (Lipinski definition) is 3. The minimum Gasteiger partial charge on any atom is -0.447 e. The van der Waals surface area contributed by atoms with Crippen LogP contribution in [0, 0.1) is 5.92 Å². The number of hydrogen-bond acceptors (Lipinski definition) is 5. The van der Waals surface area contributed by atoms with Crippen LogP contribution in [-0.4, -0.2) is 32.7 Å². The molecular formula is C13H22N2O4S. The molecule has 0 bridgehead atoms. The maximum atomic E-state index is 12.1. The van der Waals surface area contributed by atoms with Gasteiger partial charge in [0, 0.05) is 6.54 Å². The number of aliphatic hydroxyl groups is 1. The third kappa shape index (κ3) is 4.05. The molecule has 114 valence electrons. The Balaban J connectivity index is 1.90. The lowest BCUT2D eigenvalue weighted by Gasteiger charge is -2.10. The Morgan fingerprint density at radius 1 is 1.40 bits per heavy atom. The largest absolute Gasteiger partial charge is 0.447 e. The van der Waals surface area contributed by atoms with Gasteiger partial charge in [0.2, 0.25) is 5.09 Å². The molecule has 0 radical (unpaired) electrons. The van der Waals surface area contributed by atoms with Gasteiger partial charge in [-0.05, 0) is 43.9 Å². The number of nitrogens with one attached hydrogen (secondary N) is 2. The van der Waals surface area contributed by atoms with Crippen LogP contribution >= 0.6 is 0 Å². The summed E-state index contributed by atoms with van der Waals surface area (Å²) in [5, 5.41) is 12.5. The van der Waals surface area contributed by atoms with E-state index in [1.165, 1.54) is 6.07 Å². The molecule has 0 aliphatic heterocycles. The molecule has 1 fully saturated rings. The third-order valence-electron chi connectivity index (χ3n) is 3.53. The number of sulfonamides is 1. The van der Waals surface area contributed by atoms with Crippen LogP contribution < -0.4 is 10.0 Å². The molecule has 2 rings (SSSR count). The van der Waals surface area contributed by atoms with Crippen molar-refractivity contribution < 1.29 is 17.9 Å². The Kier molecular flexibility index (Phi) is 5.20. The molecule has 1 aliphatic carbocycles. The summed E-state index contributed by atoms with van der Waals surface area (Å²) in [5.41, 5.74) is 0. The maximum Gasteiger partial charge on any atom is 0.273 e. The summed E-state index contributed by atoms with van der Waals surface area (Å²) in [6, 6.07) is 3.13.